The first-order valence-electron chi connectivity index (χ1n) is 4.41. The second kappa shape index (κ2) is 4.96. The molecule has 0 amide bonds. The summed E-state index contributed by atoms with van der Waals surface area (Å²) in [6.07, 6.45) is 1.09. The minimum atomic E-state index is -0.442. The van der Waals surface area contributed by atoms with E-state index in [0.717, 1.165) is 6.20 Å². The Hall–Kier alpha value is -2.09. The van der Waals surface area contributed by atoms with E-state index in [0.29, 0.717) is 5.56 Å². The number of pyridine rings is 1. The average molecular weight is 206 g/mol. The summed E-state index contributed by atoms with van der Waals surface area (Å²) in [5, 5.41) is 17.9. The van der Waals surface area contributed by atoms with Crippen LogP contribution in [0.5, 0.6) is 5.75 Å². The third kappa shape index (κ3) is 2.95. The zero-order chi connectivity index (χ0) is 11.3. The Kier molecular flexibility index (Phi) is 3.63. The summed E-state index contributed by atoms with van der Waals surface area (Å²) in [6.45, 7) is 1.99. The van der Waals surface area contributed by atoms with Crippen LogP contribution in [0.4, 0.5) is 0 Å². The van der Waals surface area contributed by atoms with E-state index in [1.807, 2.05) is 6.07 Å². The smallest absolute Gasteiger partial charge is 0.310 e. The predicted molar refractivity (Wildman–Crippen MR) is 51.0 cm³/mol. The first-order chi connectivity index (χ1) is 7.17. The standard InChI is InChI=1S/C10H10N2O3/c1-2-15-10(14)4-7-3-8(5-11)12-6-9(7)13/h3,6,13H,2,4H2,1H3. The van der Waals surface area contributed by atoms with Crippen LogP contribution in [0.15, 0.2) is 12.3 Å². The maximum Gasteiger partial charge on any atom is 0.310 e. The van der Waals surface area contributed by atoms with E-state index in [4.69, 9.17) is 10.00 Å². The Morgan fingerprint density at radius 2 is 2.47 bits per heavy atom. The number of aromatic nitrogens is 1. The molecule has 1 heterocycles. The van der Waals surface area contributed by atoms with Crippen molar-refractivity contribution in [2.45, 2.75) is 13.3 Å². The number of aromatic hydroxyl groups is 1. The molecule has 0 aliphatic carbocycles. The highest BCUT2D eigenvalue weighted by Gasteiger charge is 2.09. The molecule has 5 heteroatoms. The lowest BCUT2D eigenvalue weighted by Gasteiger charge is -2.03. The summed E-state index contributed by atoms with van der Waals surface area (Å²) >= 11 is 0. The molecule has 0 spiro atoms. The lowest BCUT2D eigenvalue weighted by Crippen LogP contribution is -2.08. The SMILES string of the molecule is CCOC(=O)Cc1cc(C#N)ncc1O. The molecule has 1 rings (SSSR count). The molecule has 0 aliphatic heterocycles. The van der Waals surface area contributed by atoms with E-state index in [2.05, 4.69) is 4.98 Å². The van der Waals surface area contributed by atoms with Crippen molar-refractivity contribution in [3.05, 3.63) is 23.5 Å². The van der Waals surface area contributed by atoms with Crippen LogP contribution in [0, 0.1) is 11.3 Å². The minimum absolute atomic E-state index is 0.0587. The van der Waals surface area contributed by atoms with Gasteiger partial charge in [0.2, 0.25) is 0 Å². The van der Waals surface area contributed by atoms with Gasteiger partial charge in [-0.2, -0.15) is 5.26 Å². The molecule has 0 saturated heterocycles. The van der Waals surface area contributed by atoms with Gasteiger partial charge in [0, 0.05) is 5.56 Å². The maximum absolute atomic E-state index is 11.1. The Morgan fingerprint density at radius 1 is 1.73 bits per heavy atom. The molecule has 5 nitrogen and oxygen atoms in total. The Labute approximate surface area is 86.9 Å². The first kappa shape index (κ1) is 11.0. The number of nitriles is 1. The van der Waals surface area contributed by atoms with Gasteiger partial charge < -0.3 is 9.84 Å². The molecule has 15 heavy (non-hydrogen) atoms. The zero-order valence-corrected chi connectivity index (χ0v) is 8.23. The van der Waals surface area contributed by atoms with Crippen LogP contribution < -0.4 is 0 Å². The molecular formula is C10H10N2O3. The summed E-state index contributed by atoms with van der Waals surface area (Å²) in [7, 11) is 0. The third-order valence-electron chi connectivity index (χ3n) is 1.72. The molecule has 0 radical (unpaired) electrons. The van der Waals surface area contributed by atoms with Crippen LogP contribution in [0.3, 0.4) is 0 Å². The zero-order valence-electron chi connectivity index (χ0n) is 8.23. The van der Waals surface area contributed by atoms with Gasteiger partial charge in [-0.3, -0.25) is 4.79 Å². The molecule has 0 aromatic carbocycles. The summed E-state index contributed by atoms with van der Waals surface area (Å²) in [5.74, 6) is -0.551. The van der Waals surface area contributed by atoms with Gasteiger partial charge in [0.1, 0.15) is 17.5 Å². The maximum atomic E-state index is 11.1. The molecule has 1 N–H and O–H groups in total. The largest absolute Gasteiger partial charge is 0.506 e. The van der Waals surface area contributed by atoms with Crippen molar-refractivity contribution < 1.29 is 14.6 Å². The van der Waals surface area contributed by atoms with Crippen LogP contribution >= 0.6 is 0 Å². The van der Waals surface area contributed by atoms with Crippen LogP contribution in [-0.4, -0.2) is 22.7 Å². The topological polar surface area (TPSA) is 83.2 Å². The Bertz CT molecular complexity index is 410. The fourth-order valence-electron chi connectivity index (χ4n) is 1.06. The lowest BCUT2D eigenvalue weighted by atomic mass is 10.1. The monoisotopic (exact) mass is 206 g/mol. The minimum Gasteiger partial charge on any atom is -0.506 e. The second-order valence-corrected chi connectivity index (χ2v) is 2.79. The van der Waals surface area contributed by atoms with E-state index in [1.165, 1.54) is 6.07 Å². The number of nitrogens with zero attached hydrogens (tertiary/aromatic N) is 2. The highest BCUT2D eigenvalue weighted by atomic mass is 16.5. The van der Waals surface area contributed by atoms with Crippen LogP contribution in [0.2, 0.25) is 0 Å². The predicted octanol–water partition coefficient (Wildman–Crippen LogP) is 0.764. The van der Waals surface area contributed by atoms with Gasteiger partial charge in [0.05, 0.1) is 19.2 Å². The number of esters is 1. The quantitative estimate of drug-likeness (QED) is 0.738. The Balaban J connectivity index is 2.85. The van der Waals surface area contributed by atoms with Crippen LogP contribution in [0.25, 0.3) is 0 Å². The summed E-state index contributed by atoms with van der Waals surface area (Å²) < 4.78 is 4.72. The van der Waals surface area contributed by atoms with Gasteiger partial charge in [-0.1, -0.05) is 0 Å². The molecule has 1 aromatic heterocycles. The molecule has 1 aromatic rings. The van der Waals surface area contributed by atoms with E-state index >= 15 is 0 Å². The normalized spacial score (nSPS) is 9.33. The van der Waals surface area contributed by atoms with Crippen molar-refractivity contribution in [3.8, 4) is 11.8 Å². The third-order valence-corrected chi connectivity index (χ3v) is 1.72. The van der Waals surface area contributed by atoms with Gasteiger partial charge in [-0.05, 0) is 13.0 Å². The van der Waals surface area contributed by atoms with Gasteiger partial charge in [0.15, 0.2) is 0 Å². The summed E-state index contributed by atoms with van der Waals surface area (Å²) in [4.78, 5) is 14.8. The van der Waals surface area contributed by atoms with Gasteiger partial charge >= 0.3 is 5.97 Å². The molecule has 0 unspecified atom stereocenters. The van der Waals surface area contributed by atoms with E-state index in [1.54, 1.807) is 6.92 Å². The van der Waals surface area contributed by atoms with Crippen molar-refractivity contribution in [1.82, 2.24) is 4.98 Å². The van der Waals surface area contributed by atoms with Crippen molar-refractivity contribution in [2.24, 2.45) is 0 Å². The summed E-state index contributed by atoms with van der Waals surface area (Å²) in [5.41, 5.74) is 0.507. The molecule has 0 saturated carbocycles. The molecule has 0 fully saturated rings. The van der Waals surface area contributed by atoms with E-state index in [9.17, 15) is 9.90 Å². The first-order valence-corrected chi connectivity index (χ1v) is 4.41. The Morgan fingerprint density at radius 3 is 3.07 bits per heavy atom. The van der Waals surface area contributed by atoms with Crippen LogP contribution in [0.1, 0.15) is 18.2 Å². The van der Waals surface area contributed by atoms with Crippen molar-refractivity contribution >= 4 is 5.97 Å². The van der Waals surface area contributed by atoms with Gasteiger partial charge in [0.25, 0.3) is 0 Å². The second-order valence-electron chi connectivity index (χ2n) is 2.79. The highest BCUT2D eigenvalue weighted by Crippen LogP contribution is 2.16. The van der Waals surface area contributed by atoms with Gasteiger partial charge in [-0.25, -0.2) is 4.98 Å². The average Bonchev–Trinajstić information content (AvgIpc) is 2.21. The lowest BCUT2D eigenvalue weighted by molar-refractivity contribution is -0.142. The summed E-state index contributed by atoms with van der Waals surface area (Å²) in [6, 6.07) is 3.19. The van der Waals surface area contributed by atoms with Crippen LogP contribution in [-0.2, 0) is 16.0 Å². The van der Waals surface area contributed by atoms with Gasteiger partial charge in [-0.15, -0.1) is 0 Å². The number of carbonyl (C=O) groups excluding carboxylic acids is 1. The number of carbonyl (C=O) groups is 1. The molecule has 0 aliphatic rings. The molecule has 78 valence electrons. The van der Waals surface area contributed by atoms with Crippen molar-refractivity contribution in [1.29, 1.82) is 5.26 Å². The number of ether oxygens (including phenoxy) is 1. The molecular weight excluding hydrogens is 196 g/mol. The number of hydrogen-bond acceptors (Lipinski definition) is 5. The molecule has 0 atom stereocenters. The van der Waals surface area contributed by atoms with Crippen molar-refractivity contribution in [3.63, 3.8) is 0 Å². The number of rotatable bonds is 3. The number of hydrogen-bond donors (Lipinski definition) is 1. The highest BCUT2D eigenvalue weighted by molar-refractivity contribution is 5.73. The fraction of sp³-hybridized carbons (Fsp3) is 0.300. The van der Waals surface area contributed by atoms with Crippen molar-refractivity contribution in [2.75, 3.05) is 6.61 Å². The van der Waals surface area contributed by atoms with E-state index in [-0.39, 0.29) is 24.5 Å². The van der Waals surface area contributed by atoms with E-state index < -0.39 is 5.97 Å². The molecule has 0 bridgehead atoms. The fourth-order valence-corrected chi connectivity index (χ4v) is 1.06.